The molecule has 1 aromatic heterocycles. The Labute approximate surface area is 464 Å². The van der Waals surface area contributed by atoms with Gasteiger partial charge in [-0.3, -0.25) is 0 Å². The lowest BCUT2D eigenvalue weighted by atomic mass is 9.55. The summed E-state index contributed by atoms with van der Waals surface area (Å²) >= 11 is 0. The molecule has 77 heavy (non-hydrogen) atoms. The van der Waals surface area contributed by atoms with Crippen LogP contribution in [-0.2, 0) is 24.0 Å². The van der Waals surface area contributed by atoms with Crippen molar-refractivity contribution in [2.75, 3.05) is 44.5 Å². The van der Waals surface area contributed by atoms with Crippen LogP contribution in [0.1, 0.15) is 104 Å². The number of ether oxygens (including phenoxy) is 2. The van der Waals surface area contributed by atoms with E-state index in [2.05, 4.69) is 108 Å². The van der Waals surface area contributed by atoms with Crippen molar-refractivity contribution in [2.24, 2.45) is 52.6 Å². The maximum atomic E-state index is 12.9. The van der Waals surface area contributed by atoms with Crippen molar-refractivity contribution in [3.63, 3.8) is 0 Å². The summed E-state index contributed by atoms with van der Waals surface area (Å²) < 4.78 is 13.6. The molecule has 0 amide bonds. The lowest BCUT2D eigenvalue weighted by Crippen LogP contribution is -2.43. The number of fused-ring (bicyclic) bond motifs is 5. The van der Waals surface area contributed by atoms with Crippen LogP contribution in [0, 0.1) is 58.7 Å². The number of H-pyrrole nitrogens is 1. The summed E-state index contributed by atoms with van der Waals surface area (Å²) in [5.74, 6) is 9.08. The summed E-state index contributed by atoms with van der Waals surface area (Å²) in [4.78, 5) is 3.38. The van der Waals surface area contributed by atoms with Crippen molar-refractivity contribution >= 4 is 21.6 Å². The SMILES string of the molecule is CC[C@H]1Cc2cc(O)c(O[C@H]3C[C@@H](Cc4ccc[nH]4)C4=CCNC(N)=C4CSSC[C@H](CO)[C@@H]3O)cc2[C@H]2C[C@@H](O)[C@H]3[C@H](C#C[C@@]4(CCCC[C@@H]3OCCO)C[C@H](c3ccccc3)[C@H](Cc3ccccc3)C[C@H]4CO)C=C12. The highest BCUT2D eigenvalue weighted by Gasteiger charge is 2.49. The molecule has 0 radical (unpaired) electrons. The fraction of sp³-hybridized carbons (Fsp3) is 0.531. The zero-order valence-corrected chi connectivity index (χ0v) is 46.3. The number of aromatic nitrogens is 1. The average molecular weight is 1080 g/mol. The van der Waals surface area contributed by atoms with Crippen molar-refractivity contribution in [1.29, 1.82) is 0 Å². The first-order valence-corrected chi connectivity index (χ1v) is 31.0. The number of hydrogen-bond acceptors (Lipinski definition) is 12. The predicted octanol–water partition coefficient (Wildman–Crippen LogP) is 9.36. The Morgan fingerprint density at radius 1 is 0.870 bits per heavy atom. The normalized spacial score (nSPS) is 32.7. The number of dihydropyridines is 1. The number of allylic oxidation sites excluding steroid dienone is 3. The van der Waals surface area contributed by atoms with Crippen LogP contribution in [-0.4, -0.2) is 105 Å². The van der Waals surface area contributed by atoms with Gasteiger partial charge in [0, 0.05) is 77.8 Å². The van der Waals surface area contributed by atoms with E-state index in [0.29, 0.717) is 61.9 Å². The van der Waals surface area contributed by atoms with Crippen LogP contribution in [0.2, 0.25) is 0 Å². The number of aromatic hydroxyl groups is 1. The summed E-state index contributed by atoms with van der Waals surface area (Å²) in [6, 6.07) is 29.5. The van der Waals surface area contributed by atoms with E-state index < -0.39 is 29.6 Å². The molecule has 2 aliphatic heterocycles. The van der Waals surface area contributed by atoms with Gasteiger partial charge in [0.1, 0.15) is 11.9 Å². The first kappa shape index (κ1) is 55.7. The van der Waals surface area contributed by atoms with Crippen LogP contribution in [0.15, 0.2) is 126 Å². The fourth-order valence-corrected chi connectivity index (χ4v) is 17.0. The van der Waals surface area contributed by atoms with E-state index in [1.165, 1.54) is 16.7 Å². The van der Waals surface area contributed by atoms with Crippen LogP contribution in [0.3, 0.4) is 0 Å². The number of phenols is 1. The number of nitrogens with one attached hydrogen (secondary N) is 2. The Morgan fingerprint density at radius 3 is 2.44 bits per heavy atom. The Bertz CT molecular complexity index is 2740. The number of rotatable bonds is 13. The van der Waals surface area contributed by atoms with Gasteiger partial charge in [-0.15, -0.1) is 0 Å². The Morgan fingerprint density at radius 2 is 1.69 bits per heavy atom. The molecule has 10 rings (SSSR count). The van der Waals surface area contributed by atoms with E-state index in [1.807, 2.05) is 24.4 Å². The summed E-state index contributed by atoms with van der Waals surface area (Å²) in [6.07, 6.45) is 12.4. The molecule has 14 atom stereocenters. The van der Waals surface area contributed by atoms with Crippen LogP contribution < -0.4 is 15.8 Å². The molecular formula is C64H81N3O8S2. The van der Waals surface area contributed by atoms with E-state index in [4.69, 9.17) is 15.2 Å². The maximum Gasteiger partial charge on any atom is 0.161 e. The molecule has 1 saturated carbocycles. The summed E-state index contributed by atoms with van der Waals surface area (Å²) in [6.45, 7) is 2.66. The van der Waals surface area contributed by atoms with Crippen molar-refractivity contribution in [3.8, 4) is 23.3 Å². The second kappa shape index (κ2) is 25.7. The van der Waals surface area contributed by atoms with Crippen molar-refractivity contribution in [3.05, 3.63) is 154 Å². The van der Waals surface area contributed by atoms with Crippen molar-refractivity contribution in [2.45, 2.75) is 120 Å². The van der Waals surface area contributed by atoms with Gasteiger partial charge in [0.15, 0.2) is 11.5 Å². The highest BCUT2D eigenvalue weighted by molar-refractivity contribution is 8.76. The molecular weight excluding hydrogens is 1000 g/mol. The quantitative estimate of drug-likeness (QED) is 0.0351. The standard InChI is InChI=1S/C64H81N3O8S2/c1-2-41-27-45-31-56(71)59(75-60-32-46(29-49-16-11-22-66-49)50-19-23-67-63(65)55(50)39-77-76-38-47(36-69)62(60)73)34-52(45)53-33-57(72)61-43(30-51(41)53)18-21-64(20-10-9-17-58(61)74-25-24-68)35-54(42-14-7-4-8-15-42)44(28-48(64)37-70)26-40-12-5-3-6-13-40/h3-8,11-16,19,22,30-31,34,41,43-44,46-48,53-54,57-58,60-62,66-73H,2,9-10,17,20,23-29,32-33,35-39,65H2,1H3/t41-,43+,44+,46+,47-,48-,53-,54+,57+,58-,60-,61+,62-,64-/m0/s1. The molecule has 3 aromatic carbocycles. The topological polar surface area (TPSA) is 194 Å². The monoisotopic (exact) mass is 1080 g/mol. The smallest absolute Gasteiger partial charge is 0.161 e. The zero-order chi connectivity index (χ0) is 53.5. The highest BCUT2D eigenvalue weighted by Crippen LogP contribution is 2.55. The summed E-state index contributed by atoms with van der Waals surface area (Å²) in [7, 11) is 3.27. The van der Waals surface area contributed by atoms with Gasteiger partial charge in [0.2, 0.25) is 0 Å². The lowest BCUT2D eigenvalue weighted by molar-refractivity contribution is -0.0611. The van der Waals surface area contributed by atoms with Gasteiger partial charge >= 0.3 is 0 Å². The zero-order valence-electron chi connectivity index (χ0n) is 44.6. The molecule has 3 heterocycles. The summed E-state index contributed by atoms with van der Waals surface area (Å²) in [5.41, 5.74) is 15.3. The third-order valence-corrected chi connectivity index (χ3v) is 20.9. The number of aliphatic hydroxyl groups is 5. The molecule has 4 aromatic rings. The van der Waals surface area contributed by atoms with Gasteiger partial charge in [0.25, 0.3) is 0 Å². The second-order valence-corrected chi connectivity index (χ2v) is 25.5. The largest absolute Gasteiger partial charge is 0.504 e. The second-order valence-electron chi connectivity index (χ2n) is 22.9. The van der Waals surface area contributed by atoms with Gasteiger partial charge < -0.3 is 56.1 Å². The number of hydrogen-bond donors (Lipinski definition) is 9. The van der Waals surface area contributed by atoms with Gasteiger partial charge in [-0.2, -0.15) is 0 Å². The van der Waals surface area contributed by atoms with E-state index in [0.717, 1.165) is 72.9 Å². The molecule has 11 nitrogen and oxygen atoms in total. The molecule has 4 aliphatic carbocycles. The molecule has 10 N–H and O–H groups in total. The molecule has 1 spiro atoms. The van der Waals surface area contributed by atoms with E-state index in [9.17, 15) is 30.6 Å². The van der Waals surface area contributed by atoms with Crippen LogP contribution >= 0.6 is 21.6 Å². The minimum Gasteiger partial charge on any atom is -0.504 e. The Hall–Kier alpha value is -4.62. The predicted molar refractivity (Wildman–Crippen MR) is 308 cm³/mol. The number of nitrogens with two attached hydrogens (primary N) is 1. The van der Waals surface area contributed by atoms with E-state index in [1.54, 1.807) is 21.6 Å². The van der Waals surface area contributed by atoms with Gasteiger partial charge in [-0.05, 0) is 146 Å². The first-order chi connectivity index (χ1) is 37.6. The first-order valence-electron chi connectivity index (χ1n) is 28.6. The summed E-state index contributed by atoms with van der Waals surface area (Å²) in [5, 5.41) is 73.0. The molecule has 2 fully saturated rings. The van der Waals surface area contributed by atoms with Gasteiger partial charge in [-0.25, -0.2) is 0 Å². The number of aromatic amines is 1. The van der Waals surface area contributed by atoms with Crippen molar-refractivity contribution in [1.82, 2.24) is 10.3 Å². The minimum atomic E-state index is -1.06. The highest BCUT2D eigenvalue weighted by atomic mass is 33.1. The molecule has 1 saturated heterocycles. The van der Waals surface area contributed by atoms with Crippen LogP contribution in [0.5, 0.6) is 11.5 Å². The number of phenolic OH excluding ortho intramolecular Hbond substituents is 1. The average Bonchev–Trinajstić information content (AvgIpc) is 3.97. The minimum absolute atomic E-state index is 0.00691. The lowest BCUT2D eigenvalue weighted by Gasteiger charge is -2.48. The molecule has 0 bridgehead atoms. The molecule has 6 aliphatic rings. The third-order valence-electron chi connectivity index (χ3n) is 18.5. The molecule has 0 unspecified atom stereocenters. The fourth-order valence-electron chi connectivity index (χ4n) is 14.4. The van der Waals surface area contributed by atoms with Gasteiger partial charge in [-0.1, -0.05) is 132 Å². The van der Waals surface area contributed by atoms with E-state index >= 15 is 0 Å². The van der Waals surface area contributed by atoms with Gasteiger partial charge in [0.05, 0.1) is 31.5 Å². The molecule has 412 valence electrons. The molecule has 13 heteroatoms. The maximum absolute atomic E-state index is 12.9. The van der Waals surface area contributed by atoms with Crippen molar-refractivity contribution < 1.29 is 40.1 Å². The Balaban J connectivity index is 1.03. The number of benzene rings is 3. The Kier molecular flexibility index (Phi) is 18.6. The third kappa shape index (κ3) is 12.4. The van der Waals surface area contributed by atoms with Crippen LogP contribution in [0.4, 0.5) is 0 Å². The van der Waals surface area contributed by atoms with Crippen LogP contribution in [0.25, 0.3) is 0 Å². The number of aliphatic hydroxyl groups excluding tert-OH is 5. The van der Waals surface area contributed by atoms with E-state index in [-0.39, 0.29) is 85.5 Å².